The largest absolute Gasteiger partial charge is 0.399 e. The molecule has 2 heterocycles. The number of likely N-dealkylation sites (tertiary alicyclic amines) is 1. The summed E-state index contributed by atoms with van der Waals surface area (Å²) in [6.45, 7) is 3.36. The van der Waals surface area contributed by atoms with Crippen molar-refractivity contribution in [1.29, 1.82) is 0 Å². The maximum atomic E-state index is 5.86. The van der Waals surface area contributed by atoms with E-state index in [1.807, 2.05) is 6.07 Å². The average molecular weight is 269 g/mol. The fourth-order valence-electron chi connectivity index (χ4n) is 2.36. The van der Waals surface area contributed by atoms with E-state index in [1.165, 1.54) is 32.4 Å². The summed E-state index contributed by atoms with van der Waals surface area (Å²) in [6, 6.07) is 3.48. The van der Waals surface area contributed by atoms with Gasteiger partial charge in [0.1, 0.15) is 11.0 Å². The lowest BCUT2D eigenvalue weighted by molar-refractivity contribution is 0.215. The van der Waals surface area contributed by atoms with Crippen LogP contribution in [0.25, 0.3) is 0 Å². The van der Waals surface area contributed by atoms with Crippen molar-refractivity contribution < 1.29 is 0 Å². The second-order valence-electron chi connectivity index (χ2n) is 5.07. The Labute approximate surface area is 114 Å². The van der Waals surface area contributed by atoms with Gasteiger partial charge in [0.15, 0.2) is 0 Å². The number of nitrogens with zero attached hydrogens (tertiary/aromatic N) is 2. The number of hydrogen-bond donors (Lipinski definition) is 2. The van der Waals surface area contributed by atoms with Gasteiger partial charge in [-0.2, -0.15) is 0 Å². The molecule has 0 unspecified atom stereocenters. The Morgan fingerprint density at radius 3 is 2.83 bits per heavy atom. The first-order chi connectivity index (χ1) is 8.63. The molecule has 18 heavy (non-hydrogen) atoms. The molecule has 1 fully saturated rings. The van der Waals surface area contributed by atoms with Crippen molar-refractivity contribution in [2.75, 3.05) is 37.7 Å². The van der Waals surface area contributed by atoms with Gasteiger partial charge in [-0.25, -0.2) is 4.98 Å². The highest BCUT2D eigenvalue weighted by Crippen LogP contribution is 2.20. The Balaban J connectivity index is 1.74. The Kier molecular flexibility index (Phi) is 4.66. The molecule has 0 saturated carbocycles. The van der Waals surface area contributed by atoms with Crippen LogP contribution in [0.5, 0.6) is 0 Å². The van der Waals surface area contributed by atoms with E-state index in [-0.39, 0.29) is 0 Å². The summed E-state index contributed by atoms with van der Waals surface area (Å²) in [5, 5.41) is 3.74. The number of piperidine rings is 1. The van der Waals surface area contributed by atoms with Crippen LogP contribution in [0, 0.1) is 5.92 Å². The highest BCUT2D eigenvalue weighted by Gasteiger charge is 2.15. The average Bonchev–Trinajstić information content (AvgIpc) is 2.30. The van der Waals surface area contributed by atoms with Crippen molar-refractivity contribution in [3.05, 3.63) is 17.3 Å². The highest BCUT2D eigenvalue weighted by molar-refractivity contribution is 6.29. The van der Waals surface area contributed by atoms with Crippen LogP contribution in [-0.2, 0) is 0 Å². The standard InChI is InChI=1S/C13H21ClN4/c1-18-6-3-10(4-7-18)2-5-16-13-9-11(15)8-12(14)17-13/h8-10H,2-7H2,1H3,(H3,15,16,17). The number of aromatic nitrogens is 1. The van der Waals surface area contributed by atoms with Crippen molar-refractivity contribution in [3.8, 4) is 0 Å². The number of halogens is 1. The van der Waals surface area contributed by atoms with Crippen LogP contribution >= 0.6 is 11.6 Å². The summed E-state index contributed by atoms with van der Waals surface area (Å²) in [4.78, 5) is 6.59. The minimum atomic E-state index is 0.441. The van der Waals surface area contributed by atoms with Crippen LogP contribution in [0.1, 0.15) is 19.3 Å². The quantitative estimate of drug-likeness (QED) is 0.824. The van der Waals surface area contributed by atoms with Gasteiger partial charge in [0.25, 0.3) is 0 Å². The Morgan fingerprint density at radius 1 is 1.44 bits per heavy atom. The van der Waals surface area contributed by atoms with Crippen molar-refractivity contribution in [2.45, 2.75) is 19.3 Å². The first-order valence-corrected chi connectivity index (χ1v) is 6.87. The number of anilines is 2. The molecule has 0 amide bonds. The van der Waals surface area contributed by atoms with E-state index in [1.54, 1.807) is 6.07 Å². The van der Waals surface area contributed by atoms with Gasteiger partial charge in [-0.15, -0.1) is 0 Å². The third-order valence-corrected chi connectivity index (χ3v) is 3.71. The minimum absolute atomic E-state index is 0.441. The lowest BCUT2D eigenvalue weighted by Gasteiger charge is -2.28. The lowest BCUT2D eigenvalue weighted by Crippen LogP contribution is -2.30. The van der Waals surface area contributed by atoms with E-state index >= 15 is 0 Å². The molecule has 0 radical (unpaired) electrons. The summed E-state index contributed by atoms with van der Waals surface area (Å²) in [7, 11) is 2.19. The molecular formula is C13H21ClN4. The predicted molar refractivity (Wildman–Crippen MR) is 77.0 cm³/mol. The molecule has 1 aliphatic rings. The van der Waals surface area contributed by atoms with E-state index < -0.39 is 0 Å². The van der Waals surface area contributed by atoms with Gasteiger partial charge >= 0.3 is 0 Å². The summed E-state index contributed by atoms with van der Waals surface area (Å²) in [5.74, 6) is 1.60. The molecule has 4 nitrogen and oxygen atoms in total. The Hall–Kier alpha value is -1.00. The first-order valence-electron chi connectivity index (χ1n) is 6.49. The molecular weight excluding hydrogens is 248 g/mol. The second kappa shape index (κ2) is 6.25. The molecule has 3 N–H and O–H groups in total. The SMILES string of the molecule is CN1CCC(CCNc2cc(N)cc(Cl)n2)CC1. The zero-order valence-corrected chi connectivity index (χ0v) is 11.6. The van der Waals surface area contributed by atoms with Crippen molar-refractivity contribution in [2.24, 2.45) is 5.92 Å². The maximum absolute atomic E-state index is 5.86. The number of nitrogen functional groups attached to an aromatic ring is 1. The summed E-state index contributed by atoms with van der Waals surface area (Å²) in [6.07, 6.45) is 3.77. The van der Waals surface area contributed by atoms with Gasteiger partial charge in [-0.3, -0.25) is 0 Å². The van der Waals surface area contributed by atoms with E-state index in [2.05, 4.69) is 22.2 Å². The normalized spacial score (nSPS) is 17.9. The molecule has 0 bridgehead atoms. The summed E-state index contributed by atoms with van der Waals surface area (Å²) >= 11 is 5.86. The third-order valence-electron chi connectivity index (χ3n) is 3.51. The van der Waals surface area contributed by atoms with Crippen LogP contribution < -0.4 is 11.1 Å². The Bertz CT molecular complexity index is 368. The van der Waals surface area contributed by atoms with Crippen LogP contribution in [-0.4, -0.2) is 36.6 Å². The van der Waals surface area contributed by atoms with Crippen LogP contribution in [0.4, 0.5) is 11.5 Å². The topological polar surface area (TPSA) is 54.2 Å². The number of pyridine rings is 1. The molecule has 100 valence electrons. The molecule has 5 heteroatoms. The Morgan fingerprint density at radius 2 is 2.17 bits per heavy atom. The summed E-state index contributed by atoms with van der Waals surface area (Å²) < 4.78 is 0. The van der Waals surface area contributed by atoms with E-state index in [0.29, 0.717) is 10.8 Å². The van der Waals surface area contributed by atoms with E-state index in [4.69, 9.17) is 17.3 Å². The van der Waals surface area contributed by atoms with Gasteiger partial charge in [0.2, 0.25) is 0 Å². The molecule has 0 aromatic carbocycles. The third kappa shape index (κ3) is 4.03. The van der Waals surface area contributed by atoms with Gasteiger partial charge in [-0.05, 0) is 51.4 Å². The smallest absolute Gasteiger partial charge is 0.133 e. The molecule has 0 spiro atoms. The first kappa shape index (κ1) is 13.4. The zero-order valence-electron chi connectivity index (χ0n) is 10.8. The molecule has 0 atom stereocenters. The fraction of sp³-hybridized carbons (Fsp3) is 0.615. The van der Waals surface area contributed by atoms with Crippen LogP contribution in [0.2, 0.25) is 5.15 Å². The fourth-order valence-corrected chi connectivity index (χ4v) is 2.58. The molecule has 0 aliphatic carbocycles. The zero-order chi connectivity index (χ0) is 13.0. The lowest BCUT2D eigenvalue weighted by atomic mass is 9.94. The van der Waals surface area contributed by atoms with E-state index in [0.717, 1.165) is 18.3 Å². The minimum Gasteiger partial charge on any atom is -0.399 e. The number of hydrogen-bond acceptors (Lipinski definition) is 4. The van der Waals surface area contributed by atoms with Crippen molar-refractivity contribution >= 4 is 23.1 Å². The van der Waals surface area contributed by atoms with Crippen LogP contribution in [0.15, 0.2) is 12.1 Å². The van der Waals surface area contributed by atoms with E-state index in [9.17, 15) is 0 Å². The van der Waals surface area contributed by atoms with Gasteiger partial charge in [0.05, 0.1) is 0 Å². The predicted octanol–water partition coefficient (Wildman–Crippen LogP) is 2.46. The molecule has 1 aromatic rings. The molecule has 2 rings (SSSR count). The number of nitrogens with two attached hydrogens (primary N) is 1. The van der Waals surface area contributed by atoms with Gasteiger partial charge < -0.3 is 16.0 Å². The number of rotatable bonds is 4. The molecule has 1 saturated heterocycles. The molecule has 1 aliphatic heterocycles. The van der Waals surface area contributed by atoms with Crippen molar-refractivity contribution in [1.82, 2.24) is 9.88 Å². The maximum Gasteiger partial charge on any atom is 0.133 e. The monoisotopic (exact) mass is 268 g/mol. The second-order valence-corrected chi connectivity index (χ2v) is 5.46. The van der Waals surface area contributed by atoms with Gasteiger partial charge in [0, 0.05) is 18.3 Å². The highest BCUT2D eigenvalue weighted by atomic mass is 35.5. The molecule has 1 aromatic heterocycles. The van der Waals surface area contributed by atoms with Gasteiger partial charge in [-0.1, -0.05) is 11.6 Å². The van der Waals surface area contributed by atoms with Crippen LogP contribution in [0.3, 0.4) is 0 Å². The van der Waals surface area contributed by atoms with Crippen molar-refractivity contribution in [3.63, 3.8) is 0 Å². The number of nitrogens with one attached hydrogen (secondary N) is 1. The summed E-state index contributed by atoms with van der Waals surface area (Å²) in [5.41, 5.74) is 6.37.